The molecule has 0 spiro atoms. The Balaban J connectivity index is 1.75. The number of methoxy groups -OCH3 is 1. The van der Waals surface area contributed by atoms with Crippen LogP contribution in [-0.2, 0) is 12.8 Å². The molecule has 1 aromatic carbocycles. The minimum atomic E-state index is 0.404. The van der Waals surface area contributed by atoms with Crippen molar-refractivity contribution in [1.29, 1.82) is 0 Å². The number of ether oxygens (including phenoxy) is 1. The van der Waals surface area contributed by atoms with Gasteiger partial charge in [-0.3, -0.25) is 4.90 Å². The number of nitrogens with two attached hydrogens (primary N) is 1. The van der Waals surface area contributed by atoms with Gasteiger partial charge < -0.3 is 10.5 Å². The average Bonchev–Trinajstić information content (AvgIpc) is 2.33. The Labute approximate surface area is 103 Å². The van der Waals surface area contributed by atoms with E-state index in [2.05, 4.69) is 23.1 Å². The highest BCUT2D eigenvalue weighted by Crippen LogP contribution is 2.29. The molecular weight excluding hydrogens is 212 g/mol. The second-order valence-corrected chi connectivity index (χ2v) is 5.25. The molecule has 3 rings (SSSR count). The summed E-state index contributed by atoms with van der Waals surface area (Å²) in [5.74, 6) is 0.977. The fraction of sp³-hybridized carbons (Fsp3) is 0.571. The first kappa shape index (κ1) is 11.1. The standard InChI is InChI=1S/C14H20N2O/c1-17-14-5-3-10-2-4-13(6-11(10)7-14)16-8-12(15)9-16/h3,5,7,12-13H,2,4,6,8-9,15H2,1H3. The van der Waals surface area contributed by atoms with Crippen molar-refractivity contribution in [1.82, 2.24) is 4.90 Å². The SMILES string of the molecule is COc1ccc2c(c1)CC(N1CC(N)C1)CC2. The van der Waals surface area contributed by atoms with Gasteiger partial charge in [-0.1, -0.05) is 6.07 Å². The molecule has 2 N–H and O–H groups in total. The second kappa shape index (κ2) is 4.31. The number of aryl methyl sites for hydroxylation is 1. The maximum absolute atomic E-state index is 5.85. The monoisotopic (exact) mass is 232 g/mol. The van der Waals surface area contributed by atoms with Crippen molar-refractivity contribution in [3.8, 4) is 5.75 Å². The fourth-order valence-corrected chi connectivity index (χ4v) is 3.00. The molecule has 1 atom stereocenters. The highest BCUT2D eigenvalue weighted by atomic mass is 16.5. The van der Waals surface area contributed by atoms with Crippen LogP contribution in [0.15, 0.2) is 18.2 Å². The molecule has 1 aromatic rings. The van der Waals surface area contributed by atoms with E-state index in [1.807, 2.05) is 0 Å². The van der Waals surface area contributed by atoms with Gasteiger partial charge in [0.25, 0.3) is 0 Å². The Morgan fingerprint density at radius 2 is 2.12 bits per heavy atom. The van der Waals surface area contributed by atoms with Crippen LogP contribution in [0.4, 0.5) is 0 Å². The van der Waals surface area contributed by atoms with E-state index < -0.39 is 0 Å². The van der Waals surface area contributed by atoms with Crippen LogP contribution < -0.4 is 10.5 Å². The van der Waals surface area contributed by atoms with E-state index >= 15 is 0 Å². The van der Waals surface area contributed by atoms with E-state index in [1.165, 1.54) is 24.0 Å². The topological polar surface area (TPSA) is 38.5 Å². The predicted molar refractivity (Wildman–Crippen MR) is 68.4 cm³/mol. The molecule has 0 saturated carbocycles. The van der Waals surface area contributed by atoms with Crippen molar-refractivity contribution >= 4 is 0 Å². The molecule has 3 heteroatoms. The van der Waals surface area contributed by atoms with Gasteiger partial charge in [0.15, 0.2) is 0 Å². The van der Waals surface area contributed by atoms with E-state index in [4.69, 9.17) is 10.5 Å². The Hall–Kier alpha value is -1.06. The number of hydrogen-bond acceptors (Lipinski definition) is 3. The van der Waals surface area contributed by atoms with Crippen molar-refractivity contribution in [2.75, 3.05) is 20.2 Å². The van der Waals surface area contributed by atoms with E-state index in [0.29, 0.717) is 12.1 Å². The Morgan fingerprint density at radius 1 is 1.29 bits per heavy atom. The maximum Gasteiger partial charge on any atom is 0.119 e. The molecule has 0 radical (unpaired) electrons. The molecule has 1 unspecified atom stereocenters. The summed E-state index contributed by atoms with van der Waals surface area (Å²) in [5.41, 5.74) is 8.81. The lowest BCUT2D eigenvalue weighted by atomic mass is 9.86. The number of likely N-dealkylation sites (tertiary alicyclic amines) is 1. The van der Waals surface area contributed by atoms with Gasteiger partial charge in [-0.25, -0.2) is 0 Å². The Bertz CT molecular complexity index is 413. The summed E-state index contributed by atoms with van der Waals surface area (Å²) in [4.78, 5) is 2.52. The number of rotatable bonds is 2. The zero-order chi connectivity index (χ0) is 11.8. The summed E-state index contributed by atoms with van der Waals surface area (Å²) in [6.07, 6.45) is 3.61. The van der Waals surface area contributed by atoms with Crippen molar-refractivity contribution < 1.29 is 4.74 Å². The van der Waals surface area contributed by atoms with Crippen LogP contribution in [0.5, 0.6) is 5.75 Å². The lowest BCUT2D eigenvalue weighted by molar-refractivity contribution is 0.0853. The Morgan fingerprint density at radius 3 is 2.82 bits per heavy atom. The molecule has 0 amide bonds. The number of nitrogens with zero attached hydrogens (tertiary/aromatic N) is 1. The van der Waals surface area contributed by atoms with Crippen molar-refractivity contribution in [2.24, 2.45) is 5.73 Å². The highest BCUT2D eigenvalue weighted by molar-refractivity contribution is 5.38. The maximum atomic E-state index is 5.85. The first-order valence-electron chi connectivity index (χ1n) is 6.41. The van der Waals surface area contributed by atoms with Crippen LogP contribution in [-0.4, -0.2) is 37.2 Å². The lowest BCUT2D eigenvalue weighted by Gasteiger charge is -2.44. The first-order valence-corrected chi connectivity index (χ1v) is 6.41. The fourth-order valence-electron chi connectivity index (χ4n) is 3.00. The third kappa shape index (κ3) is 2.05. The van der Waals surface area contributed by atoms with E-state index in [9.17, 15) is 0 Å². The summed E-state index contributed by atoms with van der Waals surface area (Å²) in [6, 6.07) is 7.57. The minimum Gasteiger partial charge on any atom is -0.497 e. The lowest BCUT2D eigenvalue weighted by Crippen LogP contribution is -2.60. The van der Waals surface area contributed by atoms with Crippen LogP contribution in [0.3, 0.4) is 0 Å². The summed E-state index contributed by atoms with van der Waals surface area (Å²) in [5, 5.41) is 0. The molecule has 0 aromatic heterocycles. The van der Waals surface area contributed by atoms with Gasteiger partial charge >= 0.3 is 0 Å². The number of benzene rings is 1. The smallest absolute Gasteiger partial charge is 0.119 e. The molecule has 1 aliphatic heterocycles. The average molecular weight is 232 g/mol. The van der Waals surface area contributed by atoms with Gasteiger partial charge in [0.2, 0.25) is 0 Å². The Kier molecular flexibility index (Phi) is 2.81. The summed E-state index contributed by atoms with van der Waals surface area (Å²) in [6.45, 7) is 2.15. The third-order valence-electron chi connectivity index (χ3n) is 4.07. The zero-order valence-corrected chi connectivity index (χ0v) is 10.4. The minimum absolute atomic E-state index is 0.404. The molecule has 1 fully saturated rings. The van der Waals surface area contributed by atoms with Crippen LogP contribution in [0.1, 0.15) is 17.5 Å². The molecule has 2 aliphatic rings. The quantitative estimate of drug-likeness (QED) is 0.832. The molecule has 17 heavy (non-hydrogen) atoms. The van der Waals surface area contributed by atoms with Crippen LogP contribution >= 0.6 is 0 Å². The summed E-state index contributed by atoms with van der Waals surface area (Å²) in [7, 11) is 1.73. The first-order chi connectivity index (χ1) is 8.26. The van der Waals surface area contributed by atoms with Crippen LogP contribution in [0.25, 0.3) is 0 Å². The molecule has 1 aliphatic carbocycles. The predicted octanol–water partition coefficient (Wildman–Crippen LogP) is 1.20. The van der Waals surface area contributed by atoms with Crippen molar-refractivity contribution in [3.05, 3.63) is 29.3 Å². The van der Waals surface area contributed by atoms with Gasteiger partial charge in [-0.2, -0.15) is 0 Å². The van der Waals surface area contributed by atoms with Gasteiger partial charge in [0, 0.05) is 25.2 Å². The largest absolute Gasteiger partial charge is 0.497 e. The second-order valence-electron chi connectivity index (χ2n) is 5.25. The molecule has 1 saturated heterocycles. The molecule has 3 nitrogen and oxygen atoms in total. The molecular formula is C14H20N2O. The van der Waals surface area contributed by atoms with Crippen molar-refractivity contribution in [3.63, 3.8) is 0 Å². The summed E-state index contributed by atoms with van der Waals surface area (Å²) >= 11 is 0. The number of fused-ring (bicyclic) bond motifs is 1. The normalized spacial score (nSPS) is 25.2. The van der Waals surface area contributed by atoms with E-state index in [-0.39, 0.29) is 0 Å². The van der Waals surface area contributed by atoms with Crippen molar-refractivity contribution in [2.45, 2.75) is 31.3 Å². The van der Waals surface area contributed by atoms with E-state index in [0.717, 1.165) is 25.3 Å². The summed E-state index contributed by atoms with van der Waals surface area (Å²) < 4.78 is 5.30. The van der Waals surface area contributed by atoms with Gasteiger partial charge in [-0.05, 0) is 42.5 Å². The third-order valence-corrected chi connectivity index (χ3v) is 4.07. The molecule has 1 heterocycles. The van der Waals surface area contributed by atoms with Crippen LogP contribution in [0, 0.1) is 0 Å². The van der Waals surface area contributed by atoms with Gasteiger partial charge in [0.1, 0.15) is 5.75 Å². The van der Waals surface area contributed by atoms with Crippen LogP contribution in [0.2, 0.25) is 0 Å². The zero-order valence-electron chi connectivity index (χ0n) is 10.4. The molecule has 92 valence electrons. The highest BCUT2D eigenvalue weighted by Gasteiger charge is 2.31. The van der Waals surface area contributed by atoms with Gasteiger partial charge in [-0.15, -0.1) is 0 Å². The number of hydrogen-bond donors (Lipinski definition) is 1. The molecule has 0 bridgehead atoms. The van der Waals surface area contributed by atoms with Gasteiger partial charge in [0.05, 0.1) is 7.11 Å². The van der Waals surface area contributed by atoms with E-state index in [1.54, 1.807) is 7.11 Å².